The van der Waals surface area contributed by atoms with Crippen molar-refractivity contribution in [1.29, 1.82) is 5.26 Å². The number of esters is 1. The summed E-state index contributed by atoms with van der Waals surface area (Å²) < 4.78 is 15.7. The first kappa shape index (κ1) is 16.3. The first-order valence-corrected chi connectivity index (χ1v) is 7.39. The van der Waals surface area contributed by atoms with E-state index < -0.39 is 5.97 Å². The van der Waals surface area contributed by atoms with Crippen LogP contribution in [0.1, 0.15) is 16.7 Å². The van der Waals surface area contributed by atoms with Crippen LogP contribution in [0, 0.1) is 11.3 Å². The first-order valence-electron chi connectivity index (χ1n) is 7.39. The van der Waals surface area contributed by atoms with Crippen LogP contribution in [0.15, 0.2) is 53.2 Å². The fraction of sp³-hybridized carbons (Fsp3) is 0.105. The molecule has 1 heterocycles. The molecule has 6 nitrogen and oxygen atoms in total. The highest BCUT2D eigenvalue weighted by atomic mass is 16.6. The van der Waals surface area contributed by atoms with Crippen LogP contribution in [0.5, 0.6) is 11.5 Å². The van der Waals surface area contributed by atoms with Crippen LogP contribution >= 0.6 is 0 Å². The van der Waals surface area contributed by atoms with Gasteiger partial charge in [-0.25, -0.2) is 9.79 Å². The molecule has 0 aromatic heterocycles. The number of rotatable bonds is 4. The third kappa shape index (κ3) is 3.51. The molecule has 6 heteroatoms. The fourth-order valence-corrected chi connectivity index (χ4v) is 2.32. The van der Waals surface area contributed by atoms with Gasteiger partial charge in [-0.1, -0.05) is 12.1 Å². The van der Waals surface area contributed by atoms with E-state index in [0.717, 1.165) is 0 Å². The number of benzene rings is 2. The van der Waals surface area contributed by atoms with E-state index >= 15 is 0 Å². The van der Waals surface area contributed by atoms with Crippen molar-refractivity contribution in [1.82, 2.24) is 0 Å². The first-order chi connectivity index (χ1) is 12.1. The standard InChI is InChI=1S/C19H14N2O4/c1-23-15-8-14(9-16(10-15)24-2)18-21-17(19(22)25-18)7-12-4-3-5-13(6-12)11-20/h3-10H,1-2H3/b17-7-. The van der Waals surface area contributed by atoms with Crippen LogP contribution in [0.25, 0.3) is 6.08 Å². The average Bonchev–Trinajstić information content (AvgIpc) is 3.02. The number of carbonyl (C=O) groups is 1. The topological polar surface area (TPSA) is 80.9 Å². The summed E-state index contributed by atoms with van der Waals surface area (Å²) in [7, 11) is 3.07. The molecule has 2 aromatic carbocycles. The molecule has 0 fully saturated rings. The number of aliphatic imine (C=N–C) groups is 1. The van der Waals surface area contributed by atoms with Crippen LogP contribution in [-0.4, -0.2) is 26.1 Å². The molecule has 25 heavy (non-hydrogen) atoms. The summed E-state index contributed by atoms with van der Waals surface area (Å²) in [6.45, 7) is 0. The Kier molecular flexibility index (Phi) is 4.48. The van der Waals surface area contributed by atoms with Gasteiger partial charge >= 0.3 is 5.97 Å². The molecule has 0 spiro atoms. The van der Waals surface area contributed by atoms with Gasteiger partial charge in [0.2, 0.25) is 5.90 Å². The highest BCUT2D eigenvalue weighted by Gasteiger charge is 2.25. The van der Waals surface area contributed by atoms with Gasteiger partial charge in [-0.15, -0.1) is 0 Å². The van der Waals surface area contributed by atoms with E-state index in [0.29, 0.717) is 28.2 Å². The van der Waals surface area contributed by atoms with E-state index in [1.165, 1.54) is 14.2 Å². The Bertz CT molecular complexity index is 916. The molecule has 0 aliphatic carbocycles. The molecule has 1 aliphatic heterocycles. The summed E-state index contributed by atoms with van der Waals surface area (Å²) in [6.07, 6.45) is 1.58. The van der Waals surface area contributed by atoms with Crippen LogP contribution in [-0.2, 0) is 9.53 Å². The molecule has 0 radical (unpaired) electrons. The maximum Gasteiger partial charge on any atom is 0.363 e. The molecule has 0 saturated carbocycles. The molecule has 0 atom stereocenters. The second kappa shape index (κ2) is 6.89. The third-order valence-electron chi connectivity index (χ3n) is 3.54. The summed E-state index contributed by atoms with van der Waals surface area (Å²) in [4.78, 5) is 16.3. The van der Waals surface area contributed by atoms with Gasteiger partial charge < -0.3 is 14.2 Å². The maximum absolute atomic E-state index is 12.1. The van der Waals surface area contributed by atoms with Crippen molar-refractivity contribution in [3.05, 3.63) is 64.9 Å². The van der Waals surface area contributed by atoms with E-state index in [1.807, 2.05) is 0 Å². The minimum Gasteiger partial charge on any atom is -0.497 e. The number of hydrogen-bond donors (Lipinski definition) is 0. The van der Waals surface area contributed by atoms with Crippen LogP contribution in [0.4, 0.5) is 0 Å². The van der Waals surface area contributed by atoms with E-state index in [9.17, 15) is 4.79 Å². The van der Waals surface area contributed by atoms with Gasteiger partial charge in [-0.3, -0.25) is 0 Å². The SMILES string of the molecule is COc1cc(OC)cc(C2=N/C(=C\c3cccc(C#N)c3)C(=O)O2)c1. The highest BCUT2D eigenvalue weighted by Crippen LogP contribution is 2.26. The molecule has 2 aromatic rings. The largest absolute Gasteiger partial charge is 0.497 e. The van der Waals surface area contributed by atoms with Crippen molar-refractivity contribution in [2.45, 2.75) is 0 Å². The lowest BCUT2D eigenvalue weighted by Crippen LogP contribution is -2.06. The van der Waals surface area contributed by atoms with Crippen LogP contribution in [0.2, 0.25) is 0 Å². The zero-order valence-electron chi connectivity index (χ0n) is 13.6. The van der Waals surface area contributed by atoms with Gasteiger partial charge in [0, 0.05) is 11.6 Å². The molecule has 0 saturated heterocycles. The molecule has 0 bridgehead atoms. The minimum absolute atomic E-state index is 0.159. The highest BCUT2D eigenvalue weighted by molar-refractivity contribution is 6.13. The summed E-state index contributed by atoms with van der Waals surface area (Å²) in [5.41, 5.74) is 1.92. The molecular formula is C19H14N2O4. The lowest BCUT2D eigenvalue weighted by atomic mass is 10.1. The summed E-state index contributed by atoms with van der Waals surface area (Å²) in [6, 6.07) is 14.0. The second-order valence-electron chi connectivity index (χ2n) is 5.17. The smallest absolute Gasteiger partial charge is 0.363 e. The van der Waals surface area contributed by atoms with Crippen LogP contribution < -0.4 is 9.47 Å². The number of ether oxygens (including phenoxy) is 3. The molecule has 0 N–H and O–H groups in total. The zero-order valence-corrected chi connectivity index (χ0v) is 13.6. The van der Waals surface area contributed by atoms with E-state index in [4.69, 9.17) is 19.5 Å². The molecule has 124 valence electrons. The number of cyclic esters (lactones) is 1. The van der Waals surface area contributed by atoms with Gasteiger partial charge in [0.05, 0.1) is 25.9 Å². The van der Waals surface area contributed by atoms with E-state index in [-0.39, 0.29) is 11.6 Å². The Morgan fingerprint density at radius 3 is 2.48 bits per heavy atom. The third-order valence-corrected chi connectivity index (χ3v) is 3.54. The number of carbonyl (C=O) groups excluding carboxylic acids is 1. The van der Waals surface area contributed by atoms with Crippen molar-refractivity contribution >= 4 is 17.9 Å². The Morgan fingerprint density at radius 2 is 1.84 bits per heavy atom. The summed E-state index contributed by atoms with van der Waals surface area (Å²) >= 11 is 0. The summed E-state index contributed by atoms with van der Waals surface area (Å²) in [5.74, 6) is 0.739. The molecular weight excluding hydrogens is 320 g/mol. The predicted octanol–water partition coefficient (Wildman–Crippen LogP) is 2.92. The van der Waals surface area contributed by atoms with Gasteiger partial charge in [-0.2, -0.15) is 5.26 Å². The second-order valence-corrected chi connectivity index (χ2v) is 5.17. The molecule has 3 rings (SSSR count). The fourth-order valence-electron chi connectivity index (χ4n) is 2.32. The van der Waals surface area contributed by atoms with Gasteiger partial charge in [-0.05, 0) is 35.9 Å². The molecule has 0 amide bonds. The Balaban J connectivity index is 1.97. The van der Waals surface area contributed by atoms with Crippen molar-refractivity contribution in [3.63, 3.8) is 0 Å². The van der Waals surface area contributed by atoms with Gasteiger partial charge in [0.25, 0.3) is 0 Å². The van der Waals surface area contributed by atoms with Crippen molar-refractivity contribution < 1.29 is 19.0 Å². The Morgan fingerprint density at radius 1 is 1.12 bits per heavy atom. The number of hydrogen-bond acceptors (Lipinski definition) is 6. The van der Waals surface area contributed by atoms with Gasteiger partial charge in [0.15, 0.2) is 5.70 Å². The van der Waals surface area contributed by atoms with Gasteiger partial charge in [0.1, 0.15) is 11.5 Å². The maximum atomic E-state index is 12.1. The Labute approximate surface area is 144 Å². The number of methoxy groups -OCH3 is 2. The van der Waals surface area contributed by atoms with Crippen molar-refractivity contribution in [2.75, 3.05) is 14.2 Å². The minimum atomic E-state index is -0.556. The summed E-state index contributed by atoms with van der Waals surface area (Å²) in [5, 5.41) is 8.95. The van der Waals surface area contributed by atoms with Crippen LogP contribution in [0.3, 0.4) is 0 Å². The average molecular weight is 334 g/mol. The lowest BCUT2D eigenvalue weighted by molar-refractivity contribution is -0.129. The molecule has 0 unspecified atom stereocenters. The quantitative estimate of drug-likeness (QED) is 0.634. The van der Waals surface area contributed by atoms with E-state index in [2.05, 4.69) is 11.1 Å². The number of nitriles is 1. The Hall–Kier alpha value is -3.59. The van der Waals surface area contributed by atoms with Crippen molar-refractivity contribution in [2.24, 2.45) is 4.99 Å². The van der Waals surface area contributed by atoms with E-state index in [1.54, 1.807) is 48.5 Å². The predicted molar refractivity (Wildman–Crippen MR) is 91.3 cm³/mol. The van der Waals surface area contributed by atoms with Crippen molar-refractivity contribution in [3.8, 4) is 17.6 Å². The monoisotopic (exact) mass is 334 g/mol. The number of nitrogens with zero attached hydrogens (tertiary/aromatic N) is 2. The lowest BCUT2D eigenvalue weighted by Gasteiger charge is -2.07. The molecule has 1 aliphatic rings. The zero-order chi connectivity index (χ0) is 17.8. The normalized spacial score (nSPS) is 14.7.